The Morgan fingerprint density at radius 3 is 3.16 bits per heavy atom. The molecule has 0 amide bonds. The van der Waals surface area contributed by atoms with E-state index in [1.165, 1.54) is 11.3 Å². The first-order chi connectivity index (χ1) is 15.7. The van der Waals surface area contributed by atoms with Crippen LogP contribution in [0, 0.1) is 5.92 Å². The second-order valence-electron chi connectivity index (χ2n) is 8.17. The molecule has 0 radical (unpaired) electrons. The van der Waals surface area contributed by atoms with Gasteiger partial charge in [-0.05, 0) is 44.0 Å². The molecule has 0 bridgehead atoms. The van der Waals surface area contributed by atoms with Gasteiger partial charge in [0.05, 0.1) is 40.0 Å². The molecule has 2 aliphatic rings. The minimum absolute atomic E-state index is 0.583. The molecule has 0 aromatic carbocycles. The van der Waals surface area contributed by atoms with Gasteiger partial charge in [0.1, 0.15) is 5.94 Å². The molecule has 1 N–H and O–H groups in total. The molecule has 5 rings (SSSR count). The van der Waals surface area contributed by atoms with Crippen LogP contribution in [0.15, 0.2) is 35.5 Å². The maximum atomic E-state index is 6.49. The number of halogens is 1. The van der Waals surface area contributed by atoms with Crippen LogP contribution in [0.25, 0.3) is 11.0 Å². The molecule has 0 aliphatic carbocycles. The number of nitrogens with one attached hydrogen (secondary N) is 1. The number of hydrogen-bond acceptors (Lipinski definition) is 8. The number of methoxy groups -OCH3 is 1. The van der Waals surface area contributed by atoms with E-state index in [1.54, 1.807) is 25.1 Å². The lowest BCUT2D eigenvalue weighted by Gasteiger charge is -2.17. The predicted molar refractivity (Wildman–Crippen MR) is 127 cm³/mol. The molecule has 1 atom stereocenters. The summed E-state index contributed by atoms with van der Waals surface area (Å²) in [5, 5.41) is 4.25. The van der Waals surface area contributed by atoms with Crippen molar-refractivity contribution in [3.8, 4) is 11.6 Å². The Morgan fingerprint density at radius 2 is 2.25 bits per heavy atom. The van der Waals surface area contributed by atoms with Crippen LogP contribution < -0.4 is 14.8 Å². The monoisotopic (exact) mass is 471 g/mol. The first kappa shape index (κ1) is 21.7. The first-order valence-electron chi connectivity index (χ1n) is 10.9. The summed E-state index contributed by atoms with van der Waals surface area (Å²) >= 11 is 8.21. The maximum Gasteiger partial charge on any atom is 0.213 e. The Kier molecular flexibility index (Phi) is 6.64. The summed E-state index contributed by atoms with van der Waals surface area (Å²) in [4.78, 5) is 17.2. The van der Waals surface area contributed by atoms with Crippen molar-refractivity contribution in [1.29, 1.82) is 0 Å². The number of ether oxygens (including phenoxy) is 2. The fourth-order valence-corrected chi connectivity index (χ4v) is 5.34. The minimum Gasteiger partial charge on any atom is -0.481 e. The molecule has 7 nitrogen and oxygen atoms in total. The highest BCUT2D eigenvalue weighted by Crippen LogP contribution is 2.35. The lowest BCUT2D eigenvalue weighted by atomic mass is 10.1. The van der Waals surface area contributed by atoms with Crippen LogP contribution in [0.2, 0.25) is 5.02 Å². The standard InChI is InChI=1S/C23H26ClN5O2S/c1-30-22-3-2-19-23(28-22)17(18(24)11-27-19)5-7-29-6-4-15(13-29)9-25-10-16-8-21-20(12-26-16)31-14-32-21/h2-3,8,11-12,15,25H,4-7,9-10,13-14H2,1H3/t15-/m0/s1. The molecule has 1 fully saturated rings. The number of hydrogen-bond donors (Lipinski definition) is 1. The van der Waals surface area contributed by atoms with Gasteiger partial charge < -0.3 is 19.7 Å². The van der Waals surface area contributed by atoms with Crippen LogP contribution in [0.1, 0.15) is 17.7 Å². The summed E-state index contributed by atoms with van der Waals surface area (Å²) < 4.78 is 10.8. The Morgan fingerprint density at radius 1 is 1.31 bits per heavy atom. The average Bonchev–Trinajstić information content (AvgIpc) is 3.47. The van der Waals surface area contributed by atoms with Gasteiger partial charge in [-0.1, -0.05) is 23.4 Å². The number of pyridine rings is 3. The third-order valence-corrected chi connectivity index (χ3v) is 7.24. The first-order valence-corrected chi connectivity index (χ1v) is 12.2. The van der Waals surface area contributed by atoms with Crippen molar-refractivity contribution >= 4 is 34.4 Å². The van der Waals surface area contributed by atoms with Gasteiger partial charge in [-0.25, -0.2) is 4.98 Å². The number of fused-ring (bicyclic) bond motifs is 2. The predicted octanol–water partition coefficient (Wildman–Crippen LogP) is 3.78. The Hall–Kier alpha value is -2.13. The lowest BCUT2D eigenvalue weighted by molar-refractivity contribution is 0.325. The van der Waals surface area contributed by atoms with Gasteiger partial charge in [0, 0.05) is 37.5 Å². The van der Waals surface area contributed by atoms with Gasteiger partial charge in [-0.2, -0.15) is 0 Å². The highest BCUT2D eigenvalue weighted by molar-refractivity contribution is 7.99. The number of thioether (sulfide) groups is 1. The molecule has 0 unspecified atom stereocenters. The van der Waals surface area contributed by atoms with E-state index in [4.69, 9.17) is 21.1 Å². The van der Waals surface area contributed by atoms with Crippen LogP contribution in [-0.2, 0) is 13.0 Å². The Labute approximate surface area is 196 Å². The van der Waals surface area contributed by atoms with E-state index in [0.717, 1.165) is 67.2 Å². The minimum atomic E-state index is 0.583. The molecular weight excluding hydrogens is 446 g/mol. The van der Waals surface area contributed by atoms with Crippen LogP contribution >= 0.6 is 23.4 Å². The van der Waals surface area contributed by atoms with E-state index in [9.17, 15) is 0 Å². The van der Waals surface area contributed by atoms with Gasteiger partial charge in [0.15, 0.2) is 5.75 Å². The number of likely N-dealkylation sites (tertiary alicyclic amines) is 1. The third kappa shape index (κ3) is 4.78. The van der Waals surface area contributed by atoms with E-state index >= 15 is 0 Å². The van der Waals surface area contributed by atoms with Gasteiger partial charge in [0.25, 0.3) is 0 Å². The fraction of sp³-hybridized carbons (Fsp3) is 0.435. The van der Waals surface area contributed by atoms with Crippen molar-refractivity contribution in [2.45, 2.75) is 24.3 Å². The smallest absolute Gasteiger partial charge is 0.213 e. The summed E-state index contributed by atoms with van der Waals surface area (Å²) in [6, 6.07) is 5.89. The van der Waals surface area contributed by atoms with E-state index in [2.05, 4.69) is 31.2 Å². The summed E-state index contributed by atoms with van der Waals surface area (Å²) in [6.07, 6.45) is 5.60. The molecule has 3 aromatic rings. The topological polar surface area (TPSA) is 72.4 Å². The quantitative estimate of drug-likeness (QED) is 0.532. The van der Waals surface area contributed by atoms with Crippen molar-refractivity contribution in [1.82, 2.24) is 25.2 Å². The van der Waals surface area contributed by atoms with E-state index in [1.807, 2.05) is 18.3 Å². The zero-order valence-electron chi connectivity index (χ0n) is 18.0. The Balaban J connectivity index is 1.13. The summed E-state index contributed by atoms with van der Waals surface area (Å²) in [6.45, 7) is 4.94. The second kappa shape index (κ2) is 9.79. The third-order valence-electron chi connectivity index (χ3n) is 6.05. The van der Waals surface area contributed by atoms with Crippen molar-refractivity contribution in [2.24, 2.45) is 5.92 Å². The molecule has 5 heterocycles. The summed E-state index contributed by atoms with van der Waals surface area (Å²) in [7, 11) is 1.62. The van der Waals surface area contributed by atoms with Gasteiger partial charge in [-0.3, -0.25) is 9.97 Å². The second-order valence-corrected chi connectivity index (χ2v) is 9.54. The maximum absolute atomic E-state index is 6.49. The summed E-state index contributed by atoms with van der Waals surface area (Å²) in [5.41, 5.74) is 3.79. The fourth-order valence-electron chi connectivity index (χ4n) is 4.32. The number of nitrogens with zero attached hydrogens (tertiary/aromatic N) is 4. The molecule has 168 valence electrons. The highest BCUT2D eigenvalue weighted by Gasteiger charge is 2.23. The van der Waals surface area contributed by atoms with Gasteiger partial charge in [-0.15, -0.1) is 0 Å². The molecule has 9 heteroatoms. The molecule has 0 saturated carbocycles. The average molecular weight is 472 g/mol. The molecular formula is C23H26ClN5O2S. The molecule has 32 heavy (non-hydrogen) atoms. The summed E-state index contributed by atoms with van der Waals surface area (Å²) in [5.74, 6) is 2.82. The molecule has 3 aromatic heterocycles. The van der Waals surface area contributed by atoms with Crippen molar-refractivity contribution in [3.63, 3.8) is 0 Å². The molecule has 2 aliphatic heterocycles. The Bertz CT molecular complexity index is 1120. The largest absolute Gasteiger partial charge is 0.481 e. The van der Waals surface area contributed by atoms with Crippen LogP contribution in [-0.4, -0.2) is 59.1 Å². The van der Waals surface area contributed by atoms with E-state index in [0.29, 0.717) is 22.8 Å². The van der Waals surface area contributed by atoms with Gasteiger partial charge >= 0.3 is 0 Å². The van der Waals surface area contributed by atoms with Crippen molar-refractivity contribution < 1.29 is 9.47 Å². The molecule has 1 saturated heterocycles. The number of aromatic nitrogens is 3. The zero-order chi connectivity index (χ0) is 21.9. The van der Waals surface area contributed by atoms with E-state index < -0.39 is 0 Å². The van der Waals surface area contributed by atoms with Crippen molar-refractivity contribution in [2.75, 3.05) is 39.2 Å². The molecule has 0 spiro atoms. The van der Waals surface area contributed by atoms with Gasteiger partial charge in [0.2, 0.25) is 5.88 Å². The lowest BCUT2D eigenvalue weighted by Crippen LogP contribution is -2.27. The van der Waals surface area contributed by atoms with Crippen LogP contribution in [0.3, 0.4) is 0 Å². The normalized spacial score (nSPS) is 18.1. The van der Waals surface area contributed by atoms with Crippen LogP contribution in [0.5, 0.6) is 11.6 Å². The highest BCUT2D eigenvalue weighted by atomic mass is 35.5. The van der Waals surface area contributed by atoms with E-state index in [-0.39, 0.29) is 0 Å². The SMILES string of the molecule is COc1ccc2ncc(Cl)c(CCN3CC[C@@H](CNCc4cc5c(cn4)OCS5)C3)c2n1. The van der Waals surface area contributed by atoms with Crippen LogP contribution in [0.4, 0.5) is 0 Å². The van der Waals surface area contributed by atoms with Crippen molar-refractivity contribution in [3.05, 3.63) is 46.9 Å². The zero-order valence-corrected chi connectivity index (χ0v) is 19.6. The number of rotatable bonds is 8.